The van der Waals surface area contributed by atoms with Crippen molar-refractivity contribution in [3.63, 3.8) is 0 Å². The first-order valence-electron chi connectivity index (χ1n) is 8.33. The minimum absolute atomic E-state index is 0.0794. The molecule has 0 aromatic heterocycles. The van der Waals surface area contributed by atoms with Crippen LogP contribution < -0.4 is 4.31 Å². The van der Waals surface area contributed by atoms with E-state index in [0.717, 1.165) is 15.4 Å². The van der Waals surface area contributed by atoms with Crippen molar-refractivity contribution in [2.24, 2.45) is 0 Å². The Balaban J connectivity index is 2.52. The number of nitrogens with zero attached hydrogens (tertiary/aromatic N) is 1. The number of para-hydroxylation sites is 1. The summed E-state index contributed by atoms with van der Waals surface area (Å²) in [5, 5.41) is 0. The Morgan fingerprint density at radius 2 is 1.62 bits per heavy atom. The minimum Gasteiger partial charge on any atom is -0.468 e. The van der Waals surface area contributed by atoms with E-state index in [1.165, 1.54) is 7.11 Å². The largest absolute Gasteiger partial charge is 0.468 e. The van der Waals surface area contributed by atoms with Gasteiger partial charge in [0.05, 0.1) is 17.7 Å². The Kier molecular flexibility index (Phi) is 5.76. The zero-order valence-corrected chi connectivity index (χ0v) is 16.6. The Bertz CT molecular complexity index is 881. The molecule has 0 N–H and O–H groups in total. The van der Waals surface area contributed by atoms with Crippen LogP contribution in [0.25, 0.3) is 0 Å². The second kappa shape index (κ2) is 7.50. The molecule has 0 unspecified atom stereocenters. The van der Waals surface area contributed by atoms with E-state index in [1.54, 1.807) is 49.4 Å². The van der Waals surface area contributed by atoms with Crippen molar-refractivity contribution >= 4 is 21.7 Å². The smallest absolute Gasteiger partial charge is 0.326 e. The van der Waals surface area contributed by atoms with Crippen LogP contribution >= 0.6 is 0 Å². The van der Waals surface area contributed by atoms with Gasteiger partial charge in [0.25, 0.3) is 10.0 Å². The summed E-state index contributed by atoms with van der Waals surface area (Å²) in [6, 6.07) is 13.8. The van der Waals surface area contributed by atoms with Crippen LogP contribution in [-0.4, -0.2) is 28.0 Å². The summed E-state index contributed by atoms with van der Waals surface area (Å²) in [4.78, 5) is 12.0. The zero-order valence-electron chi connectivity index (χ0n) is 15.8. The van der Waals surface area contributed by atoms with Gasteiger partial charge in [-0.05, 0) is 41.7 Å². The number of ether oxygens (including phenoxy) is 1. The fraction of sp³-hybridized carbons (Fsp3) is 0.350. The van der Waals surface area contributed by atoms with Gasteiger partial charge in [0.15, 0.2) is 0 Å². The highest BCUT2D eigenvalue weighted by Crippen LogP contribution is 2.28. The fourth-order valence-electron chi connectivity index (χ4n) is 2.58. The number of sulfonamides is 1. The van der Waals surface area contributed by atoms with Crippen molar-refractivity contribution in [2.75, 3.05) is 18.0 Å². The summed E-state index contributed by atoms with van der Waals surface area (Å²) in [6.07, 6.45) is 0. The number of anilines is 1. The number of benzene rings is 2. The van der Waals surface area contributed by atoms with Crippen molar-refractivity contribution in [1.82, 2.24) is 0 Å². The molecule has 0 bridgehead atoms. The van der Waals surface area contributed by atoms with Crippen molar-refractivity contribution in [1.29, 1.82) is 0 Å². The molecule has 6 heteroatoms. The summed E-state index contributed by atoms with van der Waals surface area (Å²) in [5.41, 5.74) is 2.17. The quantitative estimate of drug-likeness (QED) is 0.748. The van der Waals surface area contributed by atoms with Crippen molar-refractivity contribution in [3.05, 3.63) is 59.7 Å². The van der Waals surface area contributed by atoms with Crippen molar-refractivity contribution in [2.45, 2.75) is 38.0 Å². The zero-order chi connectivity index (χ0) is 19.5. The second-order valence-electron chi connectivity index (χ2n) is 7.15. The number of aryl methyl sites for hydroxylation is 1. The number of esters is 1. The summed E-state index contributed by atoms with van der Waals surface area (Å²) in [7, 11) is -2.67. The molecule has 2 rings (SSSR count). The molecule has 0 saturated heterocycles. The molecule has 0 fully saturated rings. The van der Waals surface area contributed by atoms with E-state index in [4.69, 9.17) is 4.74 Å². The highest BCUT2D eigenvalue weighted by atomic mass is 32.2. The molecule has 26 heavy (non-hydrogen) atoms. The molecular weight excluding hydrogens is 350 g/mol. The Morgan fingerprint density at radius 1 is 1.04 bits per heavy atom. The summed E-state index contributed by atoms with van der Waals surface area (Å²) < 4.78 is 32.2. The van der Waals surface area contributed by atoms with Crippen LogP contribution in [0.1, 0.15) is 31.9 Å². The number of methoxy groups -OCH3 is 1. The van der Waals surface area contributed by atoms with Gasteiger partial charge >= 0.3 is 5.97 Å². The topological polar surface area (TPSA) is 63.7 Å². The van der Waals surface area contributed by atoms with Crippen molar-refractivity contribution in [3.8, 4) is 0 Å². The van der Waals surface area contributed by atoms with Crippen LogP contribution in [0.15, 0.2) is 53.4 Å². The summed E-state index contributed by atoms with van der Waals surface area (Å²) in [5.74, 6) is -0.622. The van der Waals surface area contributed by atoms with Crippen LogP contribution in [0.5, 0.6) is 0 Å². The van der Waals surface area contributed by atoms with E-state index in [9.17, 15) is 13.2 Å². The number of hydrogen-bond donors (Lipinski definition) is 0. The van der Waals surface area contributed by atoms with E-state index in [2.05, 4.69) is 20.8 Å². The number of hydrogen-bond acceptors (Lipinski definition) is 4. The lowest BCUT2D eigenvalue weighted by Crippen LogP contribution is -2.36. The van der Waals surface area contributed by atoms with Crippen LogP contribution in [-0.2, 0) is 25.0 Å². The lowest BCUT2D eigenvalue weighted by atomic mass is 9.87. The molecule has 0 amide bonds. The molecule has 0 radical (unpaired) electrons. The van der Waals surface area contributed by atoms with E-state index in [0.29, 0.717) is 5.69 Å². The predicted molar refractivity (Wildman–Crippen MR) is 103 cm³/mol. The van der Waals surface area contributed by atoms with E-state index < -0.39 is 16.0 Å². The molecule has 0 aliphatic heterocycles. The second-order valence-corrected chi connectivity index (χ2v) is 9.01. The molecule has 0 saturated carbocycles. The Morgan fingerprint density at radius 3 is 2.12 bits per heavy atom. The first kappa shape index (κ1) is 20.0. The number of carbonyl (C=O) groups excluding carboxylic acids is 1. The Hall–Kier alpha value is -2.34. The van der Waals surface area contributed by atoms with E-state index >= 15 is 0 Å². The third-order valence-corrected chi connectivity index (χ3v) is 5.97. The van der Waals surface area contributed by atoms with Gasteiger partial charge in [-0.3, -0.25) is 9.10 Å². The van der Waals surface area contributed by atoms with Gasteiger partial charge in [0.1, 0.15) is 6.54 Å². The third-order valence-electron chi connectivity index (χ3n) is 4.19. The maximum atomic E-state index is 13.2. The number of rotatable bonds is 5. The Labute approximate surface area is 155 Å². The fourth-order valence-corrected chi connectivity index (χ4v) is 4.05. The lowest BCUT2D eigenvalue weighted by Gasteiger charge is -2.25. The number of carbonyl (C=O) groups is 1. The molecule has 0 aliphatic carbocycles. The van der Waals surface area contributed by atoms with Crippen LogP contribution in [0.3, 0.4) is 0 Å². The predicted octanol–water partition coefficient (Wildman–Crippen LogP) is 3.66. The monoisotopic (exact) mass is 375 g/mol. The van der Waals surface area contributed by atoms with Gasteiger partial charge in [-0.2, -0.15) is 0 Å². The molecule has 0 atom stereocenters. The average Bonchev–Trinajstić information content (AvgIpc) is 2.59. The summed E-state index contributed by atoms with van der Waals surface area (Å²) in [6.45, 7) is 7.61. The molecular formula is C20H25NO4S. The van der Waals surface area contributed by atoms with Crippen LogP contribution in [0.2, 0.25) is 0 Å². The first-order chi connectivity index (χ1) is 12.1. The van der Waals surface area contributed by atoms with E-state index in [1.807, 2.05) is 6.07 Å². The van der Waals surface area contributed by atoms with Crippen molar-refractivity contribution < 1.29 is 17.9 Å². The highest BCUT2D eigenvalue weighted by molar-refractivity contribution is 7.92. The molecule has 0 spiro atoms. The van der Waals surface area contributed by atoms with Crippen LogP contribution in [0.4, 0.5) is 5.69 Å². The van der Waals surface area contributed by atoms with Gasteiger partial charge in [0.2, 0.25) is 0 Å². The molecule has 0 heterocycles. The van der Waals surface area contributed by atoms with Gasteiger partial charge in [-0.1, -0.05) is 51.1 Å². The van der Waals surface area contributed by atoms with Crippen LogP contribution in [0, 0.1) is 6.92 Å². The normalized spacial score (nSPS) is 11.9. The molecule has 0 aliphatic rings. The molecule has 140 valence electrons. The minimum atomic E-state index is -3.91. The van der Waals surface area contributed by atoms with Gasteiger partial charge in [-0.25, -0.2) is 8.42 Å². The maximum Gasteiger partial charge on any atom is 0.326 e. The molecule has 2 aromatic carbocycles. The lowest BCUT2D eigenvalue weighted by molar-refractivity contribution is -0.138. The van der Waals surface area contributed by atoms with Gasteiger partial charge in [-0.15, -0.1) is 0 Å². The van der Waals surface area contributed by atoms with Gasteiger partial charge < -0.3 is 4.74 Å². The highest BCUT2D eigenvalue weighted by Gasteiger charge is 2.29. The molecule has 5 nitrogen and oxygen atoms in total. The first-order valence-corrected chi connectivity index (χ1v) is 9.77. The molecule has 2 aromatic rings. The SMILES string of the molecule is COC(=O)CN(c1ccccc1C)S(=O)(=O)c1ccc(C(C)(C)C)cc1. The van der Waals surface area contributed by atoms with E-state index in [-0.39, 0.29) is 16.9 Å². The standard InChI is InChI=1S/C20H25NO4S/c1-15-8-6-7-9-18(15)21(14-19(22)25-5)26(23,24)17-12-10-16(11-13-17)20(2,3)4/h6-13H,14H2,1-5H3. The van der Waals surface area contributed by atoms with Gasteiger partial charge in [0, 0.05) is 0 Å². The maximum absolute atomic E-state index is 13.2. The third kappa shape index (κ3) is 4.25. The average molecular weight is 375 g/mol. The summed E-state index contributed by atoms with van der Waals surface area (Å²) >= 11 is 0.